The van der Waals surface area contributed by atoms with Crippen LogP contribution >= 0.6 is 0 Å². The van der Waals surface area contributed by atoms with Crippen LogP contribution in [0.1, 0.15) is 26.0 Å². The first kappa shape index (κ1) is 15.6. The minimum atomic E-state index is -1.48. The van der Waals surface area contributed by atoms with Gasteiger partial charge in [0, 0.05) is 12.5 Å². The van der Waals surface area contributed by atoms with E-state index in [4.69, 9.17) is 4.42 Å². The van der Waals surface area contributed by atoms with Crippen LogP contribution in [-0.4, -0.2) is 12.6 Å². The zero-order valence-corrected chi connectivity index (χ0v) is 12.1. The van der Waals surface area contributed by atoms with Gasteiger partial charge in [0.25, 0.3) is 0 Å². The zero-order valence-electron chi connectivity index (χ0n) is 12.1. The minimum absolute atomic E-state index is 0.0747. The van der Waals surface area contributed by atoms with Crippen LogP contribution in [0.2, 0.25) is 0 Å². The summed E-state index contributed by atoms with van der Waals surface area (Å²) in [6, 6.07) is 5.58. The van der Waals surface area contributed by atoms with E-state index in [1.54, 1.807) is 12.1 Å². The largest absolute Gasteiger partial charge is 0.461 e. The van der Waals surface area contributed by atoms with E-state index in [0.29, 0.717) is 12.2 Å². The molecule has 2 rings (SSSR count). The molecule has 0 amide bonds. The Balaban J connectivity index is 2.15. The van der Waals surface area contributed by atoms with Crippen molar-refractivity contribution in [2.24, 2.45) is 0 Å². The molecule has 0 aliphatic heterocycles. The predicted molar refractivity (Wildman–Crippen MR) is 75.5 cm³/mol. The number of benzene rings is 1. The van der Waals surface area contributed by atoms with Crippen molar-refractivity contribution < 1.29 is 17.6 Å². The first-order valence-electron chi connectivity index (χ1n) is 6.99. The molecule has 1 N–H and O–H groups in total. The van der Waals surface area contributed by atoms with E-state index in [9.17, 15) is 13.2 Å². The second-order valence-corrected chi connectivity index (χ2v) is 5.05. The number of rotatable bonds is 6. The molecule has 0 fully saturated rings. The molecule has 1 aromatic carbocycles. The van der Waals surface area contributed by atoms with E-state index < -0.39 is 17.5 Å². The lowest BCUT2D eigenvalue weighted by Gasteiger charge is -2.11. The fraction of sp³-hybridized carbons (Fsp3) is 0.375. The third-order valence-electron chi connectivity index (χ3n) is 3.21. The Kier molecular flexibility index (Phi) is 5.07. The van der Waals surface area contributed by atoms with Crippen LogP contribution in [0.3, 0.4) is 0 Å². The van der Waals surface area contributed by atoms with Gasteiger partial charge in [-0.3, -0.25) is 0 Å². The maximum Gasteiger partial charge on any atom is 0.195 e. The molecular weight excluding hydrogens is 279 g/mol. The van der Waals surface area contributed by atoms with Crippen LogP contribution in [0.5, 0.6) is 0 Å². The fourth-order valence-electron chi connectivity index (χ4n) is 2.11. The van der Waals surface area contributed by atoms with Gasteiger partial charge in [0.1, 0.15) is 11.5 Å². The summed E-state index contributed by atoms with van der Waals surface area (Å²) in [4.78, 5) is 0. The summed E-state index contributed by atoms with van der Waals surface area (Å²) in [5.41, 5.74) is -0.0747. The highest BCUT2D eigenvalue weighted by Crippen LogP contribution is 2.28. The fourth-order valence-corrected chi connectivity index (χ4v) is 2.11. The molecule has 2 nitrogen and oxygen atoms in total. The molecule has 2 aromatic rings. The van der Waals surface area contributed by atoms with Crippen molar-refractivity contribution in [1.29, 1.82) is 0 Å². The normalized spacial score (nSPS) is 12.6. The quantitative estimate of drug-likeness (QED) is 0.804. The molecule has 0 radical (unpaired) electrons. The second-order valence-electron chi connectivity index (χ2n) is 5.05. The maximum atomic E-state index is 13.7. The molecule has 0 spiro atoms. The van der Waals surface area contributed by atoms with Crippen LogP contribution in [0, 0.1) is 17.5 Å². The van der Waals surface area contributed by atoms with E-state index in [2.05, 4.69) is 12.2 Å². The predicted octanol–water partition coefficient (Wildman–Crippen LogP) is 4.29. The van der Waals surface area contributed by atoms with Crippen molar-refractivity contribution in [2.75, 3.05) is 6.54 Å². The Hall–Kier alpha value is -1.75. The molecule has 0 aliphatic carbocycles. The van der Waals surface area contributed by atoms with Gasteiger partial charge in [-0.05, 0) is 44.2 Å². The van der Waals surface area contributed by atoms with Crippen LogP contribution in [0.25, 0.3) is 11.3 Å². The molecule has 1 heterocycles. The number of halogens is 3. The standard InChI is InChI=1S/C16H18F3NO/c1-3-8-20-10(2)9-11-4-7-14(21-11)12-5-6-13(17)16(19)15(12)18/h4-7,10,20H,3,8-9H2,1-2H3. The highest BCUT2D eigenvalue weighted by atomic mass is 19.2. The monoisotopic (exact) mass is 297 g/mol. The lowest BCUT2D eigenvalue weighted by atomic mass is 10.1. The van der Waals surface area contributed by atoms with Gasteiger partial charge in [0.15, 0.2) is 17.5 Å². The summed E-state index contributed by atoms with van der Waals surface area (Å²) in [7, 11) is 0. The average Bonchev–Trinajstić information content (AvgIpc) is 2.91. The summed E-state index contributed by atoms with van der Waals surface area (Å²) in [6.45, 7) is 5.01. The van der Waals surface area contributed by atoms with Gasteiger partial charge >= 0.3 is 0 Å². The Morgan fingerprint density at radius 2 is 1.86 bits per heavy atom. The molecule has 5 heteroatoms. The van der Waals surface area contributed by atoms with Crippen LogP contribution in [-0.2, 0) is 6.42 Å². The molecule has 0 saturated carbocycles. The summed E-state index contributed by atoms with van der Waals surface area (Å²) in [5.74, 6) is -3.05. The van der Waals surface area contributed by atoms with E-state index >= 15 is 0 Å². The zero-order chi connectivity index (χ0) is 15.4. The van der Waals surface area contributed by atoms with Gasteiger partial charge in [-0.15, -0.1) is 0 Å². The molecule has 1 unspecified atom stereocenters. The summed E-state index contributed by atoms with van der Waals surface area (Å²) in [5, 5.41) is 3.31. The van der Waals surface area contributed by atoms with Crippen LogP contribution in [0.4, 0.5) is 13.2 Å². The van der Waals surface area contributed by atoms with E-state index in [0.717, 1.165) is 19.0 Å². The Morgan fingerprint density at radius 3 is 2.57 bits per heavy atom. The lowest BCUT2D eigenvalue weighted by molar-refractivity contribution is 0.441. The van der Waals surface area contributed by atoms with E-state index in [1.807, 2.05) is 6.92 Å². The smallest absolute Gasteiger partial charge is 0.195 e. The first-order chi connectivity index (χ1) is 10.0. The first-order valence-corrected chi connectivity index (χ1v) is 6.99. The van der Waals surface area contributed by atoms with Gasteiger partial charge in [0.05, 0.1) is 5.56 Å². The van der Waals surface area contributed by atoms with Crippen molar-refractivity contribution in [3.05, 3.63) is 47.5 Å². The second kappa shape index (κ2) is 6.80. The third-order valence-corrected chi connectivity index (χ3v) is 3.21. The Bertz CT molecular complexity index is 610. The highest BCUT2D eigenvalue weighted by Gasteiger charge is 2.17. The van der Waals surface area contributed by atoms with Crippen LogP contribution < -0.4 is 5.32 Å². The van der Waals surface area contributed by atoms with Crippen LogP contribution in [0.15, 0.2) is 28.7 Å². The number of furan rings is 1. The summed E-state index contributed by atoms with van der Waals surface area (Å²) in [6.07, 6.45) is 1.68. The molecule has 1 atom stereocenters. The van der Waals surface area contributed by atoms with Crippen molar-refractivity contribution >= 4 is 0 Å². The molecule has 0 aliphatic rings. The molecule has 21 heavy (non-hydrogen) atoms. The lowest BCUT2D eigenvalue weighted by Crippen LogP contribution is -2.28. The van der Waals surface area contributed by atoms with Crippen molar-refractivity contribution in [3.63, 3.8) is 0 Å². The number of nitrogens with one attached hydrogen (secondary N) is 1. The van der Waals surface area contributed by atoms with Gasteiger partial charge in [-0.25, -0.2) is 13.2 Å². The van der Waals surface area contributed by atoms with Crippen molar-refractivity contribution in [2.45, 2.75) is 32.7 Å². The summed E-state index contributed by atoms with van der Waals surface area (Å²) >= 11 is 0. The van der Waals surface area contributed by atoms with E-state index in [1.165, 1.54) is 6.07 Å². The van der Waals surface area contributed by atoms with Crippen molar-refractivity contribution in [1.82, 2.24) is 5.32 Å². The number of hydrogen-bond acceptors (Lipinski definition) is 2. The third kappa shape index (κ3) is 3.67. The SMILES string of the molecule is CCCNC(C)Cc1ccc(-c2ccc(F)c(F)c2F)o1. The van der Waals surface area contributed by atoms with Gasteiger partial charge < -0.3 is 9.73 Å². The maximum absolute atomic E-state index is 13.7. The Morgan fingerprint density at radius 1 is 1.10 bits per heavy atom. The topological polar surface area (TPSA) is 25.2 Å². The average molecular weight is 297 g/mol. The highest BCUT2D eigenvalue weighted by molar-refractivity contribution is 5.58. The van der Waals surface area contributed by atoms with Crippen molar-refractivity contribution in [3.8, 4) is 11.3 Å². The number of hydrogen-bond donors (Lipinski definition) is 1. The van der Waals surface area contributed by atoms with E-state index in [-0.39, 0.29) is 17.4 Å². The molecule has 0 saturated heterocycles. The molecule has 1 aromatic heterocycles. The van der Waals surface area contributed by atoms with Gasteiger partial charge in [0.2, 0.25) is 0 Å². The molecule has 114 valence electrons. The van der Waals surface area contributed by atoms with Gasteiger partial charge in [-0.1, -0.05) is 6.92 Å². The minimum Gasteiger partial charge on any atom is -0.461 e. The molecular formula is C16H18F3NO. The van der Waals surface area contributed by atoms with Gasteiger partial charge in [-0.2, -0.15) is 0 Å². The molecule has 0 bridgehead atoms. The Labute approximate surface area is 122 Å². The summed E-state index contributed by atoms with van der Waals surface area (Å²) < 4.78 is 45.4.